The zero-order chi connectivity index (χ0) is 10.3. The predicted octanol–water partition coefficient (Wildman–Crippen LogP) is 3.06. The molecule has 0 N–H and O–H groups in total. The van der Waals surface area contributed by atoms with E-state index in [1.165, 1.54) is 0 Å². The minimum Gasteiger partial charge on any atom is -0.337 e. The Balaban J connectivity index is 4.18. The summed E-state index contributed by atoms with van der Waals surface area (Å²) in [5.74, 6) is 0. The maximum Gasteiger partial charge on any atom is 0.0895 e. The van der Waals surface area contributed by atoms with Gasteiger partial charge in [-0.2, -0.15) is 0 Å². The molecule has 0 heterocycles. The Morgan fingerprint density at radius 1 is 1.23 bits per heavy atom. The first-order chi connectivity index (χ1) is 6.07. The Hall–Kier alpha value is -0.790. The number of hydrogen-bond acceptors (Lipinski definition) is 1. The molecule has 76 valence electrons. The SMILES string of the molecule is CCC=CN(C=NC(C)C)C(C)C. The number of aliphatic imine (C=N–C) groups is 1. The molecule has 2 nitrogen and oxygen atoms in total. The monoisotopic (exact) mass is 182 g/mol. The Morgan fingerprint density at radius 2 is 1.85 bits per heavy atom. The molecule has 0 spiro atoms. The number of rotatable bonds is 5. The quantitative estimate of drug-likeness (QED) is 0.471. The first-order valence-electron chi connectivity index (χ1n) is 5.05. The molecule has 13 heavy (non-hydrogen) atoms. The van der Waals surface area contributed by atoms with Crippen molar-refractivity contribution < 1.29 is 0 Å². The molecular formula is C11H22N2. The lowest BCUT2D eigenvalue weighted by Gasteiger charge is -2.19. The lowest BCUT2D eigenvalue weighted by atomic mass is 10.3. The maximum absolute atomic E-state index is 4.35. The van der Waals surface area contributed by atoms with Crippen molar-refractivity contribution in [2.45, 2.75) is 53.1 Å². The molecule has 0 aliphatic heterocycles. The van der Waals surface area contributed by atoms with Crippen LogP contribution in [0.2, 0.25) is 0 Å². The second-order valence-corrected chi connectivity index (χ2v) is 3.69. The standard InChI is InChI=1S/C11H22N2/c1-6-7-8-13(11(4)5)9-12-10(2)3/h7-11H,6H2,1-5H3. The van der Waals surface area contributed by atoms with Crippen LogP contribution in [-0.4, -0.2) is 23.3 Å². The van der Waals surface area contributed by atoms with Gasteiger partial charge in [0, 0.05) is 18.3 Å². The van der Waals surface area contributed by atoms with Gasteiger partial charge in [-0.25, -0.2) is 0 Å². The van der Waals surface area contributed by atoms with Crippen LogP contribution >= 0.6 is 0 Å². The molecule has 0 saturated heterocycles. The minimum absolute atomic E-state index is 0.372. The molecule has 0 bridgehead atoms. The van der Waals surface area contributed by atoms with Crippen molar-refractivity contribution in [3.8, 4) is 0 Å². The highest BCUT2D eigenvalue weighted by Crippen LogP contribution is 1.98. The van der Waals surface area contributed by atoms with E-state index in [4.69, 9.17) is 0 Å². The van der Waals surface area contributed by atoms with Crippen molar-refractivity contribution in [2.75, 3.05) is 0 Å². The Kier molecular flexibility index (Phi) is 6.29. The maximum atomic E-state index is 4.35. The number of nitrogens with zero attached hydrogens (tertiary/aromatic N) is 2. The lowest BCUT2D eigenvalue weighted by molar-refractivity contribution is 0.466. The molecule has 0 unspecified atom stereocenters. The van der Waals surface area contributed by atoms with E-state index in [1.807, 2.05) is 6.34 Å². The third kappa shape index (κ3) is 6.38. The van der Waals surface area contributed by atoms with E-state index in [0.717, 1.165) is 6.42 Å². The molecule has 0 radical (unpaired) electrons. The molecule has 0 aliphatic carbocycles. The predicted molar refractivity (Wildman–Crippen MR) is 60.0 cm³/mol. The molecule has 0 aromatic carbocycles. The summed E-state index contributed by atoms with van der Waals surface area (Å²) < 4.78 is 0. The van der Waals surface area contributed by atoms with Crippen molar-refractivity contribution in [1.29, 1.82) is 0 Å². The van der Waals surface area contributed by atoms with Gasteiger partial charge >= 0.3 is 0 Å². The largest absolute Gasteiger partial charge is 0.337 e. The minimum atomic E-state index is 0.372. The van der Waals surface area contributed by atoms with Gasteiger partial charge in [0.1, 0.15) is 0 Å². The zero-order valence-electron chi connectivity index (χ0n) is 9.49. The molecular weight excluding hydrogens is 160 g/mol. The summed E-state index contributed by atoms with van der Waals surface area (Å²) in [6, 6.07) is 0.849. The highest BCUT2D eigenvalue weighted by Gasteiger charge is 1.99. The number of hydrogen-bond donors (Lipinski definition) is 0. The van der Waals surface area contributed by atoms with Gasteiger partial charge in [0.05, 0.1) is 6.34 Å². The molecule has 0 aliphatic rings. The average Bonchev–Trinajstić information content (AvgIpc) is 2.03. The van der Waals surface area contributed by atoms with Crippen molar-refractivity contribution >= 4 is 6.34 Å². The third-order valence-corrected chi connectivity index (χ3v) is 1.61. The highest BCUT2D eigenvalue weighted by molar-refractivity contribution is 5.57. The fourth-order valence-electron chi connectivity index (χ4n) is 0.781. The van der Waals surface area contributed by atoms with Crippen molar-refractivity contribution in [2.24, 2.45) is 4.99 Å². The van der Waals surface area contributed by atoms with Crippen molar-refractivity contribution in [3.63, 3.8) is 0 Å². The summed E-state index contributed by atoms with van der Waals surface area (Å²) in [6.07, 6.45) is 7.23. The van der Waals surface area contributed by atoms with E-state index in [0.29, 0.717) is 12.1 Å². The molecule has 0 amide bonds. The molecule has 0 saturated carbocycles. The van der Waals surface area contributed by atoms with Gasteiger partial charge in [-0.3, -0.25) is 4.99 Å². The van der Waals surface area contributed by atoms with Crippen LogP contribution in [0.3, 0.4) is 0 Å². The lowest BCUT2D eigenvalue weighted by Crippen LogP contribution is -2.24. The van der Waals surface area contributed by atoms with Crippen molar-refractivity contribution in [1.82, 2.24) is 4.90 Å². The highest BCUT2D eigenvalue weighted by atomic mass is 15.2. The van der Waals surface area contributed by atoms with Crippen LogP contribution in [0, 0.1) is 0 Å². The molecule has 0 atom stereocenters. The van der Waals surface area contributed by atoms with Crippen molar-refractivity contribution in [3.05, 3.63) is 12.3 Å². The molecule has 2 heteroatoms. The van der Waals surface area contributed by atoms with Gasteiger partial charge in [-0.05, 0) is 34.1 Å². The van der Waals surface area contributed by atoms with Gasteiger partial charge in [-0.1, -0.05) is 13.0 Å². The fourth-order valence-corrected chi connectivity index (χ4v) is 0.781. The first-order valence-corrected chi connectivity index (χ1v) is 5.05. The van der Waals surface area contributed by atoms with Crippen LogP contribution in [0.25, 0.3) is 0 Å². The van der Waals surface area contributed by atoms with Crippen LogP contribution in [0.4, 0.5) is 0 Å². The summed E-state index contributed by atoms with van der Waals surface area (Å²) in [6.45, 7) is 10.6. The second-order valence-electron chi connectivity index (χ2n) is 3.69. The molecule has 0 fully saturated rings. The average molecular weight is 182 g/mol. The van der Waals surface area contributed by atoms with Crippen LogP contribution in [0.15, 0.2) is 17.3 Å². The van der Waals surface area contributed by atoms with Gasteiger partial charge in [0.15, 0.2) is 0 Å². The van der Waals surface area contributed by atoms with E-state index < -0.39 is 0 Å². The summed E-state index contributed by atoms with van der Waals surface area (Å²) >= 11 is 0. The summed E-state index contributed by atoms with van der Waals surface area (Å²) in [5.41, 5.74) is 0. The number of allylic oxidation sites excluding steroid dienone is 1. The topological polar surface area (TPSA) is 15.6 Å². The normalized spacial score (nSPS) is 12.5. The van der Waals surface area contributed by atoms with E-state index in [2.05, 4.69) is 56.8 Å². The Morgan fingerprint density at radius 3 is 2.23 bits per heavy atom. The Labute approximate surface area is 82.4 Å². The van der Waals surface area contributed by atoms with Gasteiger partial charge < -0.3 is 4.90 Å². The van der Waals surface area contributed by atoms with E-state index in [-0.39, 0.29) is 0 Å². The van der Waals surface area contributed by atoms with Gasteiger partial charge in [-0.15, -0.1) is 0 Å². The molecule has 0 rings (SSSR count). The zero-order valence-corrected chi connectivity index (χ0v) is 9.49. The van der Waals surface area contributed by atoms with Crippen LogP contribution < -0.4 is 0 Å². The fraction of sp³-hybridized carbons (Fsp3) is 0.727. The first kappa shape index (κ1) is 12.2. The van der Waals surface area contributed by atoms with Gasteiger partial charge in [0.2, 0.25) is 0 Å². The van der Waals surface area contributed by atoms with E-state index in [1.54, 1.807) is 0 Å². The van der Waals surface area contributed by atoms with E-state index >= 15 is 0 Å². The third-order valence-electron chi connectivity index (χ3n) is 1.61. The summed E-state index contributed by atoms with van der Waals surface area (Å²) in [5, 5.41) is 0. The smallest absolute Gasteiger partial charge is 0.0895 e. The van der Waals surface area contributed by atoms with Crippen LogP contribution in [0.1, 0.15) is 41.0 Å². The summed E-state index contributed by atoms with van der Waals surface area (Å²) in [7, 11) is 0. The van der Waals surface area contributed by atoms with E-state index in [9.17, 15) is 0 Å². The van der Waals surface area contributed by atoms with Crippen LogP contribution in [0.5, 0.6) is 0 Å². The second kappa shape index (κ2) is 6.70. The molecule has 0 aromatic rings. The van der Waals surface area contributed by atoms with Gasteiger partial charge in [0.25, 0.3) is 0 Å². The molecule has 0 aromatic heterocycles. The Bertz CT molecular complexity index is 169. The summed E-state index contributed by atoms with van der Waals surface area (Å²) in [4.78, 5) is 6.48. The van der Waals surface area contributed by atoms with Crippen LogP contribution in [-0.2, 0) is 0 Å².